The van der Waals surface area contributed by atoms with Crippen LogP contribution in [0.4, 0.5) is 0 Å². The van der Waals surface area contributed by atoms with Crippen molar-refractivity contribution in [3.63, 3.8) is 0 Å². The number of nitriles is 2. The second-order valence-electron chi connectivity index (χ2n) is 3.24. The summed E-state index contributed by atoms with van der Waals surface area (Å²) >= 11 is 0. The average Bonchev–Trinajstić information content (AvgIpc) is 2.06. The molecule has 0 atom stereocenters. The van der Waals surface area contributed by atoms with Gasteiger partial charge in [0.15, 0.2) is 0 Å². The Hall–Kier alpha value is -1.52. The lowest BCUT2D eigenvalue weighted by atomic mass is 10.1. The first-order chi connectivity index (χ1) is 6.05. The summed E-state index contributed by atoms with van der Waals surface area (Å²) in [5.41, 5.74) is -0.211. The Bertz CT molecular complexity index is 252. The summed E-state index contributed by atoms with van der Waals surface area (Å²) in [5.74, 6) is 0. The van der Waals surface area contributed by atoms with Crippen LogP contribution in [-0.2, 0) is 4.74 Å². The van der Waals surface area contributed by atoms with Crippen LogP contribution < -0.4 is 5.32 Å². The number of methoxy groups -OCH3 is 1. The van der Waals surface area contributed by atoms with Gasteiger partial charge in [0.05, 0.1) is 12.1 Å². The van der Waals surface area contributed by atoms with Crippen molar-refractivity contribution in [2.45, 2.75) is 19.4 Å². The summed E-state index contributed by atoms with van der Waals surface area (Å²) < 4.78 is 4.95. The second kappa shape index (κ2) is 5.18. The number of nitrogens with zero attached hydrogens (tertiary/aromatic N) is 2. The van der Waals surface area contributed by atoms with Crippen molar-refractivity contribution >= 4 is 0 Å². The Kier molecular flexibility index (Phi) is 4.58. The summed E-state index contributed by atoms with van der Waals surface area (Å²) in [6.45, 7) is 4.34. The highest BCUT2D eigenvalue weighted by molar-refractivity contribution is 5.34. The highest BCUT2D eigenvalue weighted by atomic mass is 16.5. The molecule has 0 spiro atoms. The standard InChI is InChI=1S/C9H13N3O/c1-9(2,7-13-3)12-6-8(4-10)5-11/h6,12H,7H2,1-3H3. The largest absolute Gasteiger partial charge is 0.382 e. The molecule has 13 heavy (non-hydrogen) atoms. The zero-order valence-electron chi connectivity index (χ0n) is 8.09. The molecule has 0 aliphatic carbocycles. The predicted molar refractivity (Wildman–Crippen MR) is 48.4 cm³/mol. The molecule has 0 heterocycles. The molecule has 0 aromatic rings. The number of rotatable bonds is 4. The van der Waals surface area contributed by atoms with Gasteiger partial charge in [-0.1, -0.05) is 0 Å². The molecule has 0 bridgehead atoms. The van der Waals surface area contributed by atoms with Crippen LogP contribution in [0.15, 0.2) is 11.8 Å². The van der Waals surface area contributed by atoms with Gasteiger partial charge in [-0.25, -0.2) is 0 Å². The number of allylic oxidation sites excluding steroid dienone is 1. The molecule has 0 rings (SSSR count). The third kappa shape index (κ3) is 4.84. The van der Waals surface area contributed by atoms with E-state index in [9.17, 15) is 0 Å². The molecule has 1 N–H and O–H groups in total. The van der Waals surface area contributed by atoms with Gasteiger partial charge in [-0.05, 0) is 13.8 Å². The summed E-state index contributed by atoms with van der Waals surface area (Å²) in [6.07, 6.45) is 1.40. The zero-order valence-corrected chi connectivity index (χ0v) is 8.09. The Balaban J connectivity index is 4.24. The van der Waals surface area contributed by atoms with Crippen LogP contribution in [0, 0.1) is 22.7 Å². The van der Waals surface area contributed by atoms with Gasteiger partial charge in [-0.3, -0.25) is 0 Å². The maximum Gasteiger partial charge on any atom is 0.145 e. The molecule has 0 radical (unpaired) electrons. The minimum atomic E-state index is -0.270. The van der Waals surface area contributed by atoms with E-state index in [0.717, 1.165) is 0 Å². The fourth-order valence-electron chi connectivity index (χ4n) is 0.760. The molecule has 0 saturated carbocycles. The van der Waals surface area contributed by atoms with Crippen molar-refractivity contribution in [1.29, 1.82) is 10.5 Å². The lowest BCUT2D eigenvalue weighted by Crippen LogP contribution is -2.40. The summed E-state index contributed by atoms with van der Waals surface area (Å²) in [5, 5.41) is 19.8. The minimum absolute atomic E-state index is 0.0594. The molecule has 0 aliphatic rings. The van der Waals surface area contributed by atoms with Crippen LogP contribution in [0.5, 0.6) is 0 Å². The van der Waals surface area contributed by atoms with Gasteiger partial charge >= 0.3 is 0 Å². The lowest BCUT2D eigenvalue weighted by Gasteiger charge is -2.23. The SMILES string of the molecule is COCC(C)(C)NC=C(C#N)C#N. The first-order valence-electron chi connectivity index (χ1n) is 3.83. The van der Waals surface area contributed by atoms with E-state index in [4.69, 9.17) is 15.3 Å². The second-order valence-corrected chi connectivity index (χ2v) is 3.24. The predicted octanol–water partition coefficient (Wildman–Crippen LogP) is 0.932. The molecule has 0 saturated heterocycles. The van der Waals surface area contributed by atoms with E-state index >= 15 is 0 Å². The van der Waals surface area contributed by atoms with Gasteiger partial charge in [0.25, 0.3) is 0 Å². The molecule has 0 fully saturated rings. The van der Waals surface area contributed by atoms with E-state index in [1.807, 2.05) is 13.8 Å². The fraction of sp³-hybridized carbons (Fsp3) is 0.556. The monoisotopic (exact) mass is 179 g/mol. The molecule has 70 valence electrons. The normalized spacial score (nSPS) is 9.62. The number of ether oxygens (including phenoxy) is 1. The van der Waals surface area contributed by atoms with Crippen molar-refractivity contribution in [1.82, 2.24) is 5.32 Å². The highest BCUT2D eigenvalue weighted by Gasteiger charge is 2.14. The van der Waals surface area contributed by atoms with Crippen LogP contribution in [0.2, 0.25) is 0 Å². The average molecular weight is 179 g/mol. The molecular weight excluding hydrogens is 166 g/mol. The highest BCUT2D eigenvalue weighted by Crippen LogP contribution is 2.02. The van der Waals surface area contributed by atoms with E-state index in [2.05, 4.69) is 5.32 Å². The Labute approximate surface area is 78.4 Å². The maximum absolute atomic E-state index is 8.44. The Morgan fingerprint density at radius 3 is 2.38 bits per heavy atom. The van der Waals surface area contributed by atoms with Crippen LogP contribution in [0.3, 0.4) is 0 Å². The number of nitrogens with one attached hydrogen (secondary N) is 1. The van der Waals surface area contributed by atoms with E-state index in [1.54, 1.807) is 19.2 Å². The van der Waals surface area contributed by atoms with Gasteiger partial charge in [-0.15, -0.1) is 0 Å². The van der Waals surface area contributed by atoms with Crippen LogP contribution in [0.25, 0.3) is 0 Å². The summed E-state index contributed by atoms with van der Waals surface area (Å²) in [7, 11) is 1.60. The molecular formula is C9H13N3O. The van der Waals surface area contributed by atoms with E-state index in [-0.39, 0.29) is 11.1 Å². The Morgan fingerprint density at radius 1 is 1.46 bits per heavy atom. The topological polar surface area (TPSA) is 68.8 Å². The van der Waals surface area contributed by atoms with E-state index < -0.39 is 0 Å². The molecule has 4 heteroatoms. The third-order valence-electron chi connectivity index (χ3n) is 1.35. The first-order valence-corrected chi connectivity index (χ1v) is 3.83. The Morgan fingerprint density at radius 2 is 2.00 bits per heavy atom. The van der Waals surface area contributed by atoms with Crippen LogP contribution >= 0.6 is 0 Å². The van der Waals surface area contributed by atoms with Crippen molar-refractivity contribution in [2.75, 3.05) is 13.7 Å². The van der Waals surface area contributed by atoms with Gasteiger partial charge in [0.2, 0.25) is 0 Å². The van der Waals surface area contributed by atoms with Crippen molar-refractivity contribution in [2.24, 2.45) is 0 Å². The molecule has 0 amide bonds. The van der Waals surface area contributed by atoms with Gasteiger partial charge in [-0.2, -0.15) is 10.5 Å². The fourth-order valence-corrected chi connectivity index (χ4v) is 0.760. The number of hydrogen-bond acceptors (Lipinski definition) is 4. The molecule has 4 nitrogen and oxygen atoms in total. The maximum atomic E-state index is 8.44. The quantitative estimate of drug-likeness (QED) is 0.652. The molecule has 0 aromatic heterocycles. The first kappa shape index (κ1) is 11.5. The van der Waals surface area contributed by atoms with Gasteiger partial charge in [0.1, 0.15) is 17.7 Å². The van der Waals surface area contributed by atoms with Crippen molar-refractivity contribution < 1.29 is 4.74 Å². The van der Waals surface area contributed by atoms with Gasteiger partial charge < -0.3 is 10.1 Å². The molecule has 0 aliphatic heterocycles. The number of hydrogen-bond donors (Lipinski definition) is 1. The summed E-state index contributed by atoms with van der Waals surface area (Å²) in [4.78, 5) is 0. The minimum Gasteiger partial charge on any atom is -0.382 e. The van der Waals surface area contributed by atoms with Crippen molar-refractivity contribution in [3.05, 3.63) is 11.8 Å². The van der Waals surface area contributed by atoms with Crippen LogP contribution in [0.1, 0.15) is 13.8 Å². The third-order valence-corrected chi connectivity index (χ3v) is 1.35. The zero-order chi connectivity index (χ0) is 10.3. The summed E-state index contributed by atoms with van der Waals surface area (Å²) in [6, 6.07) is 3.53. The van der Waals surface area contributed by atoms with Gasteiger partial charge in [0, 0.05) is 13.3 Å². The van der Waals surface area contributed by atoms with Crippen LogP contribution in [-0.4, -0.2) is 19.3 Å². The lowest BCUT2D eigenvalue weighted by molar-refractivity contribution is 0.136. The van der Waals surface area contributed by atoms with E-state index in [0.29, 0.717) is 6.61 Å². The molecule has 0 unspecified atom stereocenters. The smallest absolute Gasteiger partial charge is 0.145 e. The van der Waals surface area contributed by atoms with E-state index in [1.165, 1.54) is 6.20 Å². The molecule has 0 aromatic carbocycles. The van der Waals surface area contributed by atoms with Crippen molar-refractivity contribution in [3.8, 4) is 12.1 Å².